The predicted molar refractivity (Wildman–Crippen MR) is 55.6 cm³/mol. The standard InChI is InChI=1S/C12H13FN2/c1-12(2)10(11(12)15)7-3-4-9(13)8(5-7)6-14/h3-5,10-11H,15H2,1-2H3. The molecule has 78 valence electrons. The van der Waals surface area contributed by atoms with E-state index in [1.807, 2.05) is 6.07 Å². The molecule has 0 amide bonds. The van der Waals surface area contributed by atoms with Crippen LogP contribution < -0.4 is 5.73 Å². The number of hydrogen-bond acceptors (Lipinski definition) is 2. The summed E-state index contributed by atoms with van der Waals surface area (Å²) in [7, 11) is 0. The second-order valence-corrected chi connectivity index (χ2v) is 4.68. The van der Waals surface area contributed by atoms with Crippen molar-refractivity contribution in [2.45, 2.75) is 25.8 Å². The van der Waals surface area contributed by atoms with Crippen molar-refractivity contribution in [2.24, 2.45) is 11.1 Å². The van der Waals surface area contributed by atoms with Gasteiger partial charge in [-0.25, -0.2) is 4.39 Å². The summed E-state index contributed by atoms with van der Waals surface area (Å²) in [4.78, 5) is 0. The van der Waals surface area contributed by atoms with E-state index in [-0.39, 0.29) is 22.9 Å². The highest BCUT2D eigenvalue weighted by atomic mass is 19.1. The van der Waals surface area contributed by atoms with E-state index >= 15 is 0 Å². The molecule has 0 spiro atoms. The van der Waals surface area contributed by atoms with E-state index < -0.39 is 5.82 Å². The van der Waals surface area contributed by atoms with Gasteiger partial charge >= 0.3 is 0 Å². The Hall–Kier alpha value is -1.40. The Morgan fingerprint density at radius 1 is 1.47 bits per heavy atom. The topological polar surface area (TPSA) is 49.8 Å². The lowest BCUT2D eigenvalue weighted by Gasteiger charge is -2.03. The Morgan fingerprint density at radius 3 is 2.53 bits per heavy atom. The van der Waals surface area contributed by atoms with Gasteiger partial charge in [0.05, 0.1) is 5.56 Å². The third-order valence-corrected chi connectivity index (χ3v) is 3.38. The van der Waals surface area contributed by atoms with Crippen molar-refractivity contribution in [3.63, 3.8) is 0 Å². The Morgan fingerprint density at radius 2 is 2.07 bits per heavy atom. The average Bonchev–Trinajstić information content (AvgIpc) is 2.68. The minimum atomic E-state index is -0.465. The molecule has 1 aromatic carbocycles. The third-order valence-electron chi connectivity index (χ3n) is 3.38. The summed E-state index contributed by atoms with van der Waals surface area (Å²) in [6.07, 6.45) is 0. The van der Waals surface area contributed by atoms with Gasteiger partial charge in [0, 0.05) is 12.0 Å². The second-order valence-electron chi connectivity index (χ2n) is 4.68. The molecule has 0 aliphatic heterocycles. The molecule has 0 saturated heterocycles. The van der Waals surface area contributed by atoms with Gasteiger partial charge in [-0.15, -0.1) is 0 Å². The van der Waals surface area contributed by atoms with Crippen LogP contribution in [0.5, 0.6) is 0 Å². The zero-order valence-corrected chi connectivity index (χ0v) is 8.79. The van der Waals surface area contributed by atoms with Crippen LogP contribution in [0.15, 0.2) is 18.2 Å². The van der Waals surface area contributed by atoms with Crippen LogP contribution in [-0.2, 0) is 0 Å². The molecule has 2 rings (SSSR count). The molecule has 1 aliphatic carbocycles. The summed E-state index contributed by atoms with van der Waals surface area (Å²) in [5.41, 5.74) is 7.05. The van der Waals surface area contributed by atoms with Gasteiger partial charge in [0.2, 0.25) is 0 Å². The quantitative estimate of drug-likeness (QED) is 0.762. The molecule has 2 atom stereocenters. The Kier molecular flexibility index (Phi) is 2.06. The van der Waals surface area contributed by atoms with Crippen molar-refractivity contribution in [2.75, 3.05) is 0 Å². The van der Waals surface area contributed by atoms with Crippen molar-refractivity contribution in [1.82, 2.24) is 0 Å². The zero-order valence-electron chi connectivity index (χ0n) is 8.79. The molecule has 2 unspecified atom stereocenters. The first-order valence-electron chi connectivity index (χ1n) is 4.93. The number of hydrogen-bond donors (Lipinski definition) is 1. The minimum absolute atomic E-state index is 0.0601. The van der Waals surface area contributed by atoms with Gasteiger partial charge in [-0.2, -0.15) is 5.26 Å². The van der Waals surface area contributed by atoms with Crippen LogP contribution in [0.3, 0.4) is 0 Å². The Balaban J connectivity index is 2.37. The van der Waals surface area contributed by atoms with Crippen molar-refractivity contribution in [3.8, 4) is 6.07 Å². The molecular weight excluding hydrogens is 191 g/mol. The maximum Gasteiger partial charge on any atom is 0.140 e. The fourth-order valence-corrected chi connectivity index (χ4v) is 2.14. The van der Waals surface area contributed by atoms with Crippen LogP contribution in [0.1, 0.15) is 30.9 Å². The van der Waals surface area contributed by atoms with Gasteiger partial charge in [-0.3, -0.25) is 0 Å². The summed E-state index contributed by atoms with van der Waals surface area (Å²) < 4.78 is 13.1. The Labute approximate surface area is 88.5 Å². The number of rotatable bonds is 1. The third kappa shape index (κ3) is 1.42. The summed E-state index contributed by atoms with van der Waals surface area (Å²) in [6, 6.07) is 6.62. The minimum Gasteiger partial charge on any atom is -0.327 e. The molecule has 1 saturated carbocycles. The largest absolute Gasteiger partial charge is 0.327 e. The highest BCUT2D eigenvalue weighted by Gasteiger charge is 2.56. The monoisotopic (exact) mass is 204 g/mol. The van der Waals surface area contributed by atoms with Crippen LogP contribution in [0.25, 0.3) is 0 Å². The summed E-state index contributed by atoms with van der Waals surface area (Å²) in [6.45, 7) is 4.16. The molecule has 0 aromatic heterocycles. The van der Waals surface area contributed by atoms with E-state index in [4.69, 9.17) is 11.0 Å². The summed E-state index contributed by atoms with van der Waals surface area (Å²) in [5, 5.41) is 8.72. The van der Waals surface area contributed by atoms with Gasteiger partial charge in [0.15, 0.2) is 0 Å². The van der Waals surface area contributed by atoms with E-state index in [1.54, 1.807) is 12.1 Å². The van der Waals surface area contributed by atoms with E-state index in [1.165, 1.54) is 6.07 Å². The van der Waals surface area contributed by atoms with Crippen LogP contribution in [0.2, 0.25) is 0 Å². The lowest BCUT2D eigenvalue weighted by Crippen LogP contribution is -2.06. The van der Waals surface area contributed by atoms with Crippen LogP contribution in [-0.4, -0.2) is 6.04 Å². The second kappa shape index (κ2) is 3.04. The molecule has 2 N–H and O–H groups in total. The number of nitrogens with two attached hydrogens (primary N) is 1. The van der Waals surface area contributed by atoms with Crippen LogP contribution in [0.4, 0.5) is 4.39 Å². The van der Waals surface area contributed by atoms with E-state index in [0.717, 1.165) is 5.56 Å². The summed E-state index contributed by atoms with van der Waals surface area (Å²) in [5.74, 6) is -0.224. The molecule has 0 bridgehead atoms. The van der Waals surface area contributed by atoms with E-state index in [9.17, 15) is 4.39 Å². The van der Waals surface area contributed by atoms with Gasteiger partial charge in [-0.1, -0.05) is 19.9 Å². The fourth-order valence-electron chi connectivity index (χ4n) is 2.14. The maximum atomic E-state index is 13.1. The average molecular weight is 204 g/mol. The van der Waals surface area contributed by atoms with Crippen molar-refractivity contribution in [1.29, 1.82) is 5.26 Å². The van der Waals surface area contributed by atoms with Crippen molar-refractivity contribution >= 4 is 0 Å². The molecule has 0 heterocycles. The van der Waals surface area contributed by atoms with E-state index in [0.29, 0.717) is 0 Å². The van der Waals surface area contributed by atoms with Crippen molar-refractivity contribution < 1.29 is 4.39 Å². The van der Waals surface area contributed by atoms with Gasteiger partial charge < -0.3 is 5.73 Å². The number of nitrogens with zero attached hydrogens (tertiary/aromatic N) is 1. The first kappa shape index (κ1) is 10.1. The maximum absolute atomic E-state index is 13.1. The molecule has 15 heavy (non-hydrogen) atoms. The van der Waals surface area contributed by atoms with Gasteiger partial charge in [0.25, 0.3) is 0 Å². The molecule has 3 heteroatoms. The van der Waals surface area contributed by atoms with Crippen molar-refractivity contribution in [3.05, 3.63) is 35.1 Å². The molecule has 1 aromatic rings. The lowest BCUT2D eigenvalue weighted by atomic mass is 10.0. The van der Waals surface area contributed by atoms with E-state index in [2.05, 4.69) is 13.8 Å². The highest BCUT2D eigenvalue weighted by molar-refractivity contribution is 5.41. The normalized spacial score (nSPS) is 27.1. The Bertz CT molecular complexity index is 445. The molecule has 0 radical (unpaired) electrons. The number of halogens is 1. The molecule has 1 aliphatic rings. The fraction of sp³-hybridized carbons (Fsp3) is 0.417. The van der Waals surface area contributed by atoms with Crippen LogP contribution >= 0.6 is 0 Å². The van der Waals surface area contributed by atoms with Crippen LogP contribution in [0, 0.1) is 22.6 Å². The smallest absolute Gasteiger partial charge is 0.140 e. The zero-order chi connectivity index (χ0) is 11.2. The molecule has 2 nitrogen and oxygen atoms in total. The first-order valence-corrected chi connectivity index (χ1v) is 4.93. The van der Waals surface area contributed by atoms with Gasteiger partial charge in [-0.05, 0) is 23.1 Å². The SMILES string of the molecule is CC1(C)C(N)C1c1ccc(F)c(C#N)c1. The lowest BCUT2D eigenvalue weighted by molar-refractivity contribution is 0.596. The molecular formula is C12H13FN2. The number of nitriles is 1. The number of benzene rings is 1. The van der Waals surface area contributed by atoms with Gasteiger partial charge in [0.1, 0.15) is 11.9 Å². The molecule has 1 fully saturated rings. The summed E-state index contributed by atoms with van der Waals surface area (Å²) >= 11 is 0. The highest BCUT2D eigenvalue weighted by Crippen LogP contribution is 2.57. The first-order chi connectivity index (χ1) is 6.98. The predicted octanol–water partition coefficient (Wildman–Crippen LogP) is 2.15.